The minimum absolute atomic E-state index is 0.141. The summed E-state index contributed by atoms with van der Waals surface area (Å²) in [5, 5.41) is 16.7. The summed E-state index contributed by atoms with van der Waals surface area (Å²) in [4.78, 5) is 1.91. The van der Waals surface area contributed by atoms with Gasteiger partial charge in [-0.1, -0.05) is 18.2 Å². The van der Waals surface area contributed by atoms with Gasteiger partial charge in [-0.05, 0) is 41.5 Å². The number of ether oxygens (including phenoxy) is 1. The van der Waals surface area contributed by atoms with E-state index < -0.39 is 23.9 Å². The Kier molecular flexibility index (Phi) is 4.75. The van der Waals surface area contributed by atoms with E-state index in [1.807, 2.05) is 46.2 Å². The van der Waals surface area contributed by atoms with Crippen molar-refractivity contribution in [2.45, 2.75) is 25.5 Å². The predicted octanol–water partition coefficient (Wildman–Crippen LogP) is 3.66. The van der Waals surface area contributed by atoms with Crippen LogP contribution in [0.25, 0.3) is 21.9 Å². The van der Waals surface area contributed by atoms with Gasteiger partial charge in [-0.15, -0.1) is 0 Å². The lowest BCUT2D eigenvalue weighted by Gasteiger charge is -2.22. The number of rotatable bonds is 7. The highest BCUT2D eigenvalue weighted by atomic mass is 19.3. The Labute approximate surface area is 173 Å². The Morgan fingerprint density at radius 2 is 1.87 bits per heavy atom. The van der Waals surface area contributed by atoms with E-state index in [2.05, 4.69) is 24.2 Å². The molecule has 3 aromatic rings. The fourth-order valence-electron chi connectivity index (χ4n) is 4.46. The Morgan fingerprint density at radius 1 is 1.13 bits per heavy atom. The van der Waals surface area contributed by atoms with Crippen LogP contribution in [0.5, 0.6) is 5.75 Å². The average Bonchev–Trinajstić information content (AvgIpc) is 3.18. The number of β-amino-alcohol motifs (C(OH)–C–C–N with tert-alkyl or cyclic N) is 1. The van der Waals surface area contributed by atoms with Gasteiger partial charge in [-0.3, -0.25) is 9.58 Å². The molecule has 0 amide bonds. The van der Waals surface area contributed by atoms with E-state index in [4.69, 9.17) is 4.74 Å². The molecular formula is C23H25F2N3O2. The van der Waals surface area contributed by atoms with Crippen molar-refractivity contribution in [1.82, 2.24) is 14.7 Å². The third kappa shape index (κ3) is 3.56. The Morgan fingerprint density at radius 3 is 2.60 bits per heavy atom. The van der Waals surface area contributed by atoms with Gasteiger partial charge in [0.05, 0.1) is 6.20 Å². The summed E-state index contributed by atoms with van der Waals surface area (Å²) >= 11 is 0. The first-order valence-electron chi connectivity index (χ1n) is 10.4. The zero-order valence-corrected chi connectivity index (χ0v) is 16.8. The highest BCUT2D eigenvalue weighted by molar-refractivity contribution is 5.88. The van der Waals surface area contributed by atoms with Crippen LogP contribution >= 0.6 is 0 Å². The molecule has 1 aromatic heterocycles. The fraction of sp³-hybridized carbons (Fsp3) is 0.435. The molecule has 2 heterocycles. The third-order valence-corrected chi connectivity index (χ3v) is 6.29. The molecule has 3 unspecified atom stereocenters. The number of hydrogen-bond acceptors (Lipinski definition) is 4. The second-order valence-corrected chi connectivity index (χ2v) is 8.38. The molecule has 158 valence electrons. The number of aliphatic hydroxyl groups excluding tert-OH is 1. The van der Waals surface area contributed by atoms with Gasteiger partial charge in [0.15, 0.2) is 0 Å². The van der Waals surface area contributed by atoms with Crippen molar-refractivity contribution in [1.29, 1.82) is 0 Å². The van der Waals surface area contributed by atoms with E-state index in [-0.39, 0.29) is 6.61 Å². The molecular weight excluding hydrogens is 388 g/mol. The van der Waals surface area contributed by atoms with Gasteiger partial charge in [-0.2, -0.15) is 5.10 Å². The zero-order valence-electron chi connectivity index (χ0n) is 16.8. The standard InChI is InChI=1S/C23H25F2N3O2/c1-2-28-10-18(9-26-28)16-3-4-17-8-20(6-5-15(17)7-16)30-14-19(29)11-27-12-21-22(13-27)23(21,24)25/h3-10,19,21-22,29H,2,11-14H2,1H3. The number of likely N-dealkylation sites (tertiary alicyclic amines) is 1. The lowest BCUT2D eigenvalue weighted by molar-refractivity contribution is 0.0302. The molecule has 30 heavy (non-hydrogen) atoms. The number of halogens is 2. The number of benzene rings is 2. The molecule has 1 saturated heterocycles. The number of alkyl halides is 2. The van der Waals surface area contributed by atoms with Crippen LogP contribution in [0.1, 0.15) is 6.92 Å². The number of nitrogens with zero attached hydrogens (tertiary/aromatic N) is 3. The summed E-state index contributed by atoms with van der Waals surface area (Å²) in [5.41, 5.74) is 2.19. The fourth-order valence-corrected chi connectivity index (χ4v) is 4.46. The van der Waals surface area contributed by atoms with E-state index in [0.29, 0.717) is 25.4 Å². The zero-order chi connectivity index (χ0) is 20.9. The minimum Gasteiger partial charge on any atom is -0.491 e. The minimum atomic E-state index is -2.49. The van der Waals surface area contributed by atoms with Gasteiger partial charge in [0, 0.05) is 49.8 Å². The van der Waals surface area contributed by atoms with E-state index >= 15 is 0 Å². The summed E-state index contributed by atoms with van der Waals surface area (Å²) in [6, 6.07) is 12.1. The van der Waals surface area contributed by atoms with Crippen molar-refractivity contribution < 1.29 is 18.6 Å². The molecule has 1 aliphatic carbocycles. The number of aliphatic hydroxyl groups is 1. The largest absolute Gasteiger partial charge is 0.491 e. The number of aryl methyl sites for hydroxylation is 1. The maximum absolute atomic E-state index is 13.3. The molecule has 2 fully saturated rings. The van der Waals surface area contributed by atoms with Gasteiger partial charge in [0.1, 0.15) is 18.5 Å². The highest BCUT2D eigenvalue weighted by Gasteiger charge is 2.71. The van der Waals surface area contributed by atoms with Crippen LogP contribution in [0.3, 0.4) is 0 Å². The lowest BCUT2D eigenvalue weighted by Crippen LogP contribution is -2.37. The molecule has 5 nitrogen and oxygen atoms in total. The van der Waals surface area contributed by atoms with E-state index in [1.165, 1.54) is 0 Å². The number of fused-ring (bicyclic) bond motifs is 2. The van der Waals surface area contributed by atoms with Gasteiger partial charge < -0.3 is 9.84 Å². The summed E-state index contributed by atoms with van der Waals surface area (Å²) in [6.07, 6.45) is 3.20. The van der Waals surface area contributed by atoms with Crippen LogP contribution in [0.4, 0.5) is 8.78 Å². The molecule has 2 aliphatic rings. The second kappa shape index (κ2) is 7.32. The molecule has 0 spiro atoms. The first-order chi connectivity index (χ1) is 14.4. The van der Waals surface area contributed by atoms with Crippen molar-refractivity contribution in [3.05, 3.63) is 48.8 Å². The normalized spacial score (nSPS) is 23.5. The second-order valence-electron chi connectivity index (χ2n) is 8.38. The van der Waals surface area contributed by atoms with Crippen LogP contribution in [-0.4, -0.2) is 58.1 Å². The molecule has 1 aliphatic heterocycles. The lowest BCUT2D eigenvalue weighted by atomic mass is 10.0. The average molecular weight is 413 g/mol. The molecule has 5 rings (SSSR count). The Bertz CT molecular complexity index is 1050. The molecule has 1 N–H and O–H groups in total. The summed E-state index contributed by atoms with van der Waals surface area (Å²) in [5.74, 6) is -2.84. The molecule has 1 saturated carbocycles. The maximum atomic E-state index is 13.3. The van der Waals surface area contributed by atoms with Crippen LogP contribution in [0.15, 0.2) is 48.8 Å². The molecule has 0 bridgehead atoms. The maximum Gasteiger partial charge on any atom is 0.257 e. The van der Waals surface area contributed by atoms with Gasteiger partial charge >= 0.3 is 0 Å². The summed E-state index contributed by atoms with van der Waals surface area (Å²) in [6.45, 7) is 4.13. The summed E-state index contributed by atoms with van der Waals surface area (Å²) in [7, 11) is 0. The first kappa shape index (κ1) is 19.5. The van der Waals surface area contributed by atoms with E-state index in [1.54, 1.807) is 0 Å². The SMILES string of the molecule is CCn1cc(-c2ccc3cc(OCC(O)CN4CC5C(C4)C5(F)F)ccc3c2)cn1. The Balaban J connectivity index is 1.18. The molecule has 3 atom stereocenters. The summed E-state index contributed by atoms with van der Waals surface area (Å²) < 4.78 is 34.2. The highest BCUT2D eigenvalue weighted by Crippen LogP contribution is 2.59. The van der Waals surface area contributed by atoms with Crippen molar-refractivity contribution in [3.8, 4) is 16.9 Å². The van der Waals surface area contributed by atoms with E-state index in [9.17, 15) is 13.9 Å². The number of aromatic nitrogens is 2. The van der Waals surface area contributed by atoms with Crippen molar-refractivity contribution in [2.75, 3.05) is 26.2 Å². The van der Waals surface area contributed by atoms with Crippen LogP contribution in [-0.2, 0) is 6.54 Å². The number of hydrogen-bond donors (Lipinski definition) is 1. The van der Waals surface area contributed by atoms with E-state index in [0.717, 1.165) is 28.4 Å². The Hall–Kier alpha value is -2.51. The number of piperidine rings is 1. The third-order valence-electron chi connectivity index (χ3n) is 6.29. The molecule has 0 radical (unpaired) electrons. The van der Waals surface area contributed by atoms with Crippen LogP contribution in [0.2, 0.25) is 0 Å². The van der Waals surface area contributed by atoms with Crippen LogP contribution < -0.4 is 4.74 Å². The predicted molar refractivity (Wildman–Crippen MR) is 111 cm³/mol. The van der Waals surface area contributed by atoms with Gasteiger partial charge in [0.25, 0.3) is 5.92 Å². The smallest absolute Gasteiger partial charge is 0.257 e. The van der Waals surface area contributed by atoms with Crippen molar-refractivity contribution >= 4 is 10.8 Å². The topological polar surface area (TPSA) is 50.5 Å². The first-order valence-corrected chi connectivity index (χ1v) is 10.4. The van der Waals surface area contributed by atoms with Gasteiger partial charge in [0.2, 0.25) is 0 Å². The van der Waals surface area contributed by atoms with Crippen LogP contribution in [0, 0.1) is 11.8 Å². The molecule has 2 aromatic carbocycles. The van der Waals surface area contributed by atoms with Gasteiger partial charge in [-0.25, -0.2) is 8.78 Å². The monoisotopic (exact) mass is 413 g/mol. The van der Waals surface area contributed by atoms with Crippen molar-refractivity contribution in [2.24, 2.45) is 11.8 Å². The van der Waals surface area contributed by atoms with Crippen molar-refractivity contribution in [3.63, 3.8) is 0 Å². The molecule has 7 heteroatoms. The quantitative estimate of drug-likeness (QED) is 0.642.